The van der Waals surface area contributed by atoms with Crippen LogP contribution in [-0.2, 0) is 15.8 Å². The van der Waals surface area contributed by atoms with Crippen molar-refractivity contribution >= 4 is 23.1 Å². The molecule has 1 saturated heterocycles. The summed E-state index contributed by atoms with van der Waals surface area (Å²) in [6.07, 6.45) is -3.46. The van der Waals surface area contributed by atoms with E-state index in [1.54, 1.807) is 0 Å². The third kappa shape index (κ3) is 4.28. The highest BCUT2D eigenvalue weighted by atomic mass is 19.4. The van der Waals surface area contributed by atoms with Crippen LogP contribution in [0.5, 0.6) is 0 Å². The number of imide groups is 1. The van der Waals surface area contributed by atoms with Crippen molar-refractivity contribution in [1.82, 2.24) is 4.90 Å². The van der Waals surface area contributed by atoms with Gasteiger partial charge in [0.15, 0.2) is 0 Å². The normalized spacial score (nSPS) is 21.9. The largest absolute Gasteiger partial charge is 0.416 e. The van der Waals surface area contributed by atoms with Gasteiger partial charge in [-0.3, -0.25) is 9.59 Å². The van der Waals surface area contributed by atoms with Crippen molar-refractivity contribution < 1.29 is 22.8 Å². The molecule has 0 bridgehead atoms. The molecule has 1 fully saturated rings. The van der Waals surface area contributed by atoms with E-state index in [2.05, 4.69) is 13.8 Å². The van der Waals surface area contributed by atoms with Crippen molar-refractivity contribution in [1.29, 1.82) is 0 Å². The van der Waals surface area contributed by atoms with Crippen molar-refractivity contribution in [3.8, 4) is 0 Å². The molecular weight excluding hydrogens is 429 g/mol. The van der Waals surface area contributed by atoms with Crippen LogP contribution >= 0.6 is 0 Å². The monoisotopic (exact) mass is 456 g/mol. The molecule has 2 atom stereocenters. The summed E-state index contributed by atoms with van der Waals surface area (Å²) in [6.45, 7) is 9.45. The highest BCUT2D eigenvalue weighted by molar-refractivity contribution is 6.45. The number of hydrogen-bond acceptors (Lipinski definition) is 3. The van der Waals surface area contributed by atoms with E-state index in [-0.39, 0.29) is 5.69 Å². The summed E-state index contributed by atoms with van der Waals surface area (Å²) < 4.78 is 39.1. The smallest absolute Gasteiger partial charge is 0.366 e. The van der Waals surface area contributed by atoms with Crippen molar-refractivity contribution in [2.45, 2.75) is 40.3 Å². The number of benzene rings is 2. The molecule has 4 rings (SSSR count). The summed E-state index contributed by atoms with van der Waals surface area (Å²) in [6, 6.07) is 9.79. The topological polar surface area (TPSA) is 40.6 Å². The minimum atomic E-state index is -4.49. The van der Waals surface area contributed by atoms with Crippen LogP contribution in [0.4, 0.5) is 18.9 Å². The number of amides is 2. The van der Waals surface area contributed by atoms with Crippen molar-refractivity contribution in [2.24, 2.45) is 11.8 Å². The number of nitrogens with zero attached hydrogens (tertiary/aromatic N) is 2. The lowest BCUT2D eigenvalue weighted by atomic mass is 9.90. The zero-order valence-corrected chi connectivity index (χ0v) is 19.2. The zero-order chi connectivity index (χ0) is 24.1. The maximum Gasteiger partial charge on any atom is 0.416 e. The number of halogens is 3. The zero-order valence-electron chi connectivity index (χ0n) is 19.2. The average molecular weight is 457 g/mol. The molecule has 2 amide bonds. The number of carbonyl (C=O) groups is 2. The average Bonchev–Trinajstić information content (AvgIpc) is 2.99. The van der Waals surface area contributed by atoms with Gasteiger partial charge in [0, 0.05) is 13.1 Å². The van der Waals surface area contributed by atoms with Crippen LogP contribution in [0.2, 0.25) is 0 Å². The van der Waals surface area contributed by atoms with Gasteiger partial charge in [-0.05, 0) is 73.1 Å². The van der Waals surface area contributed by atoms with Crippen molar-refractivity contribution in [3.63, 3.8) is 0 Å². The fraction of sp³-hybridized carbons (Fsp3) is 0.385. The number of rotatable bonds is 3. The van der Waals surface area contributed by atoms with Crippen molar-refractivity contribution in [2.75, 3.05) is 18.0 Å². The Labute approximate surface area is 191 Å². The first-order chi connectivity index (χ1) is 15.5. The molecule has 0 aliphatic carbocycles. The first-order valence-electron chi connectivity index (χ1n) is 11.1. The quantitative estimate of drug-likeness (QED) is 0.566. The van der Waals surface area contributed by atoms with Crippen LogP contribution in [0.1, 0.15) is 42.5 Å². The number of carbonyl (C=O) groups excluding carboxylic acids is 2. The van der Waals surface area contributed by atoms with Crippen LogP contribution < -0.4 is 4.90 Å². The van der Waals surface area contributed by atoms with Gasteiger partial charge in [-0.1, -0.05) is 32.0 Å². The van der Waals surface area contributed by atoms with Crippen LogP contribution in [0.15, 0.2) is 48.2 Å². The summed E-state index contributed by atoms with van der Waals surface area (Å²) in [5, 5.41) is 0. The molecule has 7 heteroatoms. The SMILES string of the molecule is Cc1ccc(C2=C(N3CC(C)CC(C)C3)C(=O)N(c3ccc(C(F)(F)F)cc3)C2=O)cc1C. The minimum Gasteiger partial charge on any atom is -0.366 e. The van der Waals surface area contributed by atoms with Gasteiger partial charge in [-0.2, -0.15) is 13.2 Å². The summed E-state index contributed by atoms with van der Waals surface area (Å²) in [4.78, 5) is 30.2. The maximum absolute atomic E-state index is 13.6. The Bertz CT molecular complexity index is 1130. The Morgan fingerprint density at radius 2 is 1.45 bits per heavy atom. The van der Waals surface area contributed by atoms with Gasteiger partial charge in [-0.15, -0.1) is 0 Å². The van der Waals surface area contributed by atoms with Crippen LogP contribution in [-0.4, -0.2) is 29.8 Å². The van der Waals surface area contributed by atoms with Gasteiger partial charge in [0.25, 0.3) is 11.8 Å². The second-order valence-corrected chi connectivity index (χ2v) is 9.36. The van der Waals surface area contributed by atoms with Gasteiger partial charge in [0.2, 0.25) is 0 Å². The summed E-state index contributed by atoms with van der Waals surface area (Å²) in [5.41, 5.74) is 2.65. The first-order valence-corrected chi connectivity index (χ1v) is 11.1. The Hall–Kier alpha value is -3.09. The fourth-order valence-electron chi connectivity index (χ4n) is 4.85. The molecule has 33 heavy (non-hydrogen) atoms. The van der Waals surface area contributed by atoms with Gasteiger partial charge >= 0.3 is 6.18 Å². The molecule has 2 heterocycles. The first kappa shape index (κ1) is 23.1. The van der Waals surface area contributed by atoms with Crippen LogP contribution in [0.3, 0.4) is 0 Å². The molecule has 2 aromatic carbocycles. The maximum atomic E-state index is 13.6. The second-order valence-electron chi connectivity index (χ2n) is 9.36. The molecule has 0 N–H and O–H groups in total. The number of piperidine rings is 1. The van der Waals surface area contributed by atoms with Gasteiger partial charge < -0.3 is 4.90 Å². The summed E-state index contributed by atoms with van der Waals surface area (Å²) in [7, 11) is 0. The number of hydrogen-bond donors (Lipinski definition) is 0. The second kappa shape index (κ2) is 8.36. The van der Waals surface area contributed by atoms with E-state index in [1.807, 2.05) is 36.9 Å². The van der Waals surface area contributed by atoms with E-state index < -0.39 is 23.6 Å². The highest BCUT2D eigenvalue weighted by Gasteiger charge is 2.44. The molecule has 2 aromatic rings. The third-order valence-electron chi connectivity index (χ3n) is 6.49. The molecule has 2 unspecified atom stereocenters. The summed E-state index contributed by atoms with van der Waals surface area (Å²) in [5.74, 6) is -0.297. The number of aryl methyl sites for hydroxylation is 2. The number of alkyl halides is 3. The van der Waals surface area contributed by atoms with E-state index in [9.17, 15) is 22.8 Å². The van der Waals surface area contributed by atoms with E-state index in [0.717, 1.165) is 34.6 Å². The number of anilines is 1. The van der Waals surface area contributed by atoms with Gasteiger partial charge in [0.05, 0.1) is 16.8 Å². The third-order valence-corrected chi connectivity index (χ3v) is 6.49. The van der Waals surface area contributed by atoms with E-state index in [4.69, 9.17) is 0 Å². The molecule has 0 spiro atoms. The lowest BCUT2D eigenvalue weighted by Gasteiger charge is -2.37. The predicted octanol–water partition coefficient (Wildman–Crippen LogP) is 5.58. The van der Waals surface area contributed by atoms with E-state index in [1.165, 1.54) is 12.1 Å². The Morgan fingerprint density at radius 3 is 2.00 bits per heavy atom. The standard InChI is InChI=1S/C26H27F3N2O2/c1-15-11-16(2)14-30(13-15)23-22(19-6-5-17(3)18(4)12-19)24(32)31(25(23)33)21-9-7-20(8-10-21)26(27,28)29/h5-10,12,15-16H,11,13-14H2,1-4H3. The summed E-state index contributed by atoms with van der Waals surface area (Å²) >= 11 is 0. The van der Waals surface area contributed by atoms with E-state index in [0.29, 0.717) is 41.8 Å². The molecular formula is C26H27F3N2O2. The molecule has 2 aliphatic rings. The predicted molar refractivity (Wildman–Crippen MR) is 121 cm³/mol. The Morgan fingerprint density at radius 1 is 0.848 bits per heavy atom. The van der Waals surface area contributed by atoms with Crippen molar-refractivity contribution in [3.05, 3.63) is 70.4 Å². The molecule has 0 radical (unpaired) electrons. The molecule has 0 aromatic heterocycles. The fourth-order valence-corrected chi connectivity index (χ4v) is 4.85. The Balaban J connectivity index is 1.81. The molecule has 2 aliphatic heterocycles. The lowest BCUT2D eigenvalue weighted by molar-refractivity contribution is -0.137. The van der Waals surface area contributed by atoms with Crippen LogP contribution in [0, 0.1) is 25.7 Å². The molecule has 0 saturated carbocycles. The lowest BCUT2D eigenvalue weighted by Crippen LogP contribution is -2.42. The molecule has 4 nitrogen and oxygen atoms in total. The van der Waals surface area contributed by atoms with Gasteiger partial charge in [-0.25, -0.2) is 4.90 Å². The Kier molecular flexibility index (Phi) is 5.85. The van der Waals surface area contributed by atoms with Gasteiger partial charge in [0.1, 0.15) is 5.70 Å². The minimum absolute atomic E-state index is 0.132. The van der Waals surface area contributed by atoms with Crippen LogP contribution in [0.25, 0.3) is 5.57 Å². The molecule has 174 valence electrons. The van der Waals surface area contributed by atoms with E-state index >= 15 is 0 Å². The highest BCUT2D eigenvalue weighted by Crippen LogP contribution is 2.38. The number of likely N-dealkylation sites (tertiary alicyclic amines) is 1.